The van der Waals surface area contributed by atoms with Gasteiger partial charge in [0.15, 0.2) is 0 Å². The molecule has 0 radical (unpaired) electrons. The summed E-state index contributed by atoms with van der Waals surface area (Å²) < 4.78 is 0. The van der Waals surface area contributed by atoms with Gasteiger partial charge in [-0.2, -0.15) is 0 Å². The van der Waals surface area contributed by atoms with Gasteiger partial charge in [0.25, 0.3) is 0 Å². The normalized spacial score (nSPS) is 9.54. The van der Waals surface area contributed by atoms with Gasteiger partial charge in [-0.3, -0.25) is 9.78 Å². The van der Waals surface area contributed by atoms with Crippen molar-refractivity contribution in [3.8, 4) is 0 Å². The van der Waals surface area contributed by atoms with Crippen molar-refractivity contribution in [2.24, 2.45) is 0 Å². The van der Waals surface area contributed by atoms with Gasteiger partial charge >= 0.3 is 11.9 Å². The maximum absolute atomic E-state index is 10.6. The fourth-order valence-corrected chi connectivity index (χ4v) is 0.917. The second kappa shape index (κ2) is 3.66. The van der Waals surface area contributed by atoms with Crippen LogP contribution < -0.4 is 0 Å². The van der Waals surface area contributed by atoms with Crippen LogP contribution in [0, 0.1) is 0 Å². The number of rotatable bonds is 3. The van der Waals surface area contributed by atoms with Crippen molar-refractivity contribution in [3.63, 3.8) is 0 Å². The number of carboxylic acid groups (broad SMARTS) is 2. The third-order valence-corrected chi connectivity index (χ3v) is 1.44. The first kappa shape index (κ1) is 9.18. The van der Waals surface area contributed by atoms with Gasteiger partial charge in [-0.05, 0) is 12.1 Å². The summed E-state index contributed by atoms with van der Waals surface area (Å²) in [5.41, 5.74) is 0.00685. The summed E-state index contributed by atoms with van der Waals surface area (Å²) in [6.07, 6.45) is 0.993. The number of carbonyl (C=O) groups is 2. The quantitative estimate of drug-likeness (QED) is 0.704. The summed E-state index contributed by atoms with van der Waals surface area (Å²) in [6.45, 7) is 0. The molecular weight excluding hydrogens is 174 g/mol. The van der Waals surface area contributed by atoms with E-state index in [1.54, 1.807) is 0 Å². The maximum Gasteiger partial charge on any atom is 0.337 e. The van der Waals surface area contributed by atoms with Gasteiger partial charge in [0.1, 0.15) is 0 Å². The number of hydrogen-bond donors (Lipinski definition) is 2. The smallest absolute Gasteiger partial charge is 0.337 e. The lowest BCUT2D eigenvalue weighted by molar-refractivity contribution is -0.136. The Morgan fingerprint density at radius 2 is 2.08 bits per heavy atom. The molecular formula is C8H7NO4. The number of nitrogens with zero attached hydrogens (tertiary/aromatic N) is 1. The summed E-state index contributed by atoms with van der Waals surface area (Å²) in [7, 11) is 0. The zero-order chi connectivity index (χ0) is 9.84. The topological polar surface area (TPSA) is 87.5 Å². The first-order chi connectivity index (χ1) is 6.11. The number of aliphatic carboxylic acids is 1. The number of pyridine rings is 1. The summed E-state index contributed by atoms with van der Waals surface area (Å²) in [5, 5.41) is 17.1. The molecule has 0 amide bonds. The minimum atomic E-state index is -1.16. The molecule has 0 spiro atoms. The molecule has 0 aromatic carbocycles. The molecule has 0 aliphatic carbocycles. The molecule has 68 valence electrons. The molecule has 0 saturated carbocycles. The lowest BCUT2D eigenvalue weighted by Gasteiger charge is -2.00. The van der Waals surface area contributed by atoms with E-state index >= 15 is 0 Å². The zero-order valence-electron chi connectivity index (χ0n) is 6.60. The van der Waals surface area contributed by atoms with Crippen LogP contribution >= 0.6 is 0 Å². The number of aromatic nitrogens is 1. The molecule has 1 aromatic heterocycles. The van der Waals surface area contributed by atoms with Gasteiger partial charge in [-0.15, -0.1) is 0 Å². The summed E-state index contributed by atoms with van der Waals surface area (Å²) in [4.78, 5) is 24.6. The van der Waals surface area contributed by atoms with Gasteiger partial charge in [0.2, 0.25) is 0 Å². The molecule has 1 rings (SSSR count). The van der Waals surface area contributed by atoms with Crippen molar-refractivity contribution in [1.82, 2.24) is 4.98 Å². The highest BCUT2D eigenvalue weighted by atomic mass is 16.4. The predicted octanol–water partition coefficient (Wildman–Crippen LogP) is 0.407. The Kier molecular flexibility index (Phi) is 2.59. The molecule has 0 aliphatic rings. The average Bonchev–Trinajstić information content (AvgIpc) is 2.03. The van der Waals surface area contributed by atoms with Crippen LogP contribution in [-0.2, 0) is 11.2 Å². The number of carboxylic acids is 2. The molecule has 0 unspecified atom stereocenters. The Morgan fingerprint density at radius 1 is 1.38 bits per heavy atom. The van der Waals surface area contributed by atoms with Crippen LogP contribution in [0.5, 0.6) is 0 Å². The predicted molar refractivity (Wildman–Crippen MR) is 42.5 cm³/mol. The molecule has 5 heteroatoms. The molecule has 0 aliphatic heterocycles. The Morgan fingerprint density at radius 3 is 2.62 bits per heavy atom. The van der Waals surface area contributed by atoms with E-state index in [4.69, 9.17) is 10.2 Å². The van der Waals surface area contributed by atoms with Crippen molar-refractivity contribution in [2.75, 3.05) is 0 Å². The van der Waals surface area contributed by atoms with Crippen molar-refractivity contribution in [3.05, 3.63) is 29.6 Å². The van der Waals surface area contributed by atoms with E-state index in [0.717, 1.165) is 0 Å². The third kappa shape index (κ3) is 2.26. The summed E-state index contributed by atoms with van der Waals surface area (Å²) in [6, 6.07) is 2.78. The van der Waals surface area contributed by atoms with E-state index in [2.05, 4.69) is 4.98 Å². The molecule has 0 atom stereocenters. The Balaban J connectivity index is 3.04. The van der Waals surface area contributed by atoms with Crippen molar-refractivity contribution < 1.29 is 19.8 Å². The van der Waals surface area contributed by atoms with Crippen LogP contribution in [0.15, 0.2) is 18.3 Å². The van der Waals surface area contributed by atoms with Crippen molar-refractivity contribution >= 4 is 11.9 Å². The third-order valence-electron chi connectivity index (χ3n) is 1.44. The van der Waals surface area contributed by atoms with Crippen LogP contribution in [-0.4, -0.2) is 27.1 Å². The molecule has 1 heterocycles. The van der Waals surface area contributed by atoms with Crippen molar-refractivity contribution in [2.45, 2.75) is 6.42 Å². The molecule has 5 nitrogen and oxygen atoms in total. The van der Waals surface area contributed by atoms with E-state index in [1.807, 2.05) is 0 Å². The largest absolute Gasteiger partial charge is 0.481 e. The second-order valence-electron chi connectivity index (χ2n) is 2.37. The molecule has 2 N–H and O–H groups in total. The van der Waals surface area contributed by atoms with Crippen LogP contribution in [0.3, 0.4) is 0 Å². The highest BCUT2D eigenvalue weighted by Gasteiger charge is 2.12. The fourth-order valence-electron chi connectivity index (χ4n) is 0.917. The van der Waals surface area contributed by atoms with E-state index in [1.165, 1.54) is 18.3 Å². The van der Waals surface area contributed by atoms with Gasteiger partial charge in [0, 0.05) is 6.20 Å². The van der Waals surface area contributed by atoms with E-state index < -0.39 is 11.9 Å². The number of aromatic carboxylic acids is 1. The van der Waals surface area contributed by atoms with Crippen LogP contribution in [0.2, 0.25) is 0 Å². The zero-order valence-corrected chi connectivity index (χ0v) is 6.60. The molecule has 0 saturated heterocycles. The van der Waals surface area contributed by atoms with E-state index in [9.17, 15) is 9.59 Å². The lowest BCUT2D eigenvalue weighted by Crippen LogP contribution is -2.09. The van der Waals surface area contributed by atoms with Gasteiger partial charge in [-0.1, -0.05) is 0 Å². The van der Waals surface area contributed by atoms with E-state index in [0.29, 0.717) is 0 Å². The number of hydrogen-bond acceptors (Lipinski definition) is 3. The van der Waals surface area contributed by atoms with E-state index in [-0.39, 0.29) is 17.7 Å². The van der Waals surface area contributed by atoms with Gasteiger partial charge in [-0.25, -0.2) is 4.79 Å². The summed E-state index contributed by atoms with van der Waals surface area (Å²) >= 11 is 0. The highest BCUT2D eigenvalue weighted by Crippen LogP contribution is 2.05. The monoisotopic (exact) mass is 181 g/mol. The van der Waals surface area contributed by atoms with Crippen LogP contribution in [0.25, 0.3) is 0 Å². The Hall–Kier alpha value is -1.91. The lowest BCUT2D eigenvalue weighted by atomic mass is 10.1. The van der Waals surface area contributed by atoms with Crippen LogP contribution in [0.4, 0.5) is 0 Å². The highest BCUT2D eigenvalue weighted by molar-refractivity contribution is 5.90. The molecule has 13 heavy (non-hydrogen) atoms. The molecule has 1 aromatic rings. The van der Waals surface area contributed by atoms with Gasteiger partial charge in [0.05, 0.1) is 17.7 Å². The Labute approximate surface area is 73.7 Å². The Bertz CT molecular complexity index is 348. The SMILES string of the molecule is O=C(O)Cc1ncccc1C(=O)O. The standard InChI is InChI=1S/C8H7NO4/c10-7(11)4-6-5(8(12)13)2-1-3-9-6/h1-3H,4H2,(H,10,11)(H,12,13). The molecule has 0 bridgehead atoms. The first-order valence-corrected chi connectivity index (χ1v) is 3.50. The average molecular weight is 181 g/mol. The minimum Gasteiger partial charge on any atom is -0.481 e. The molecule has 0 fully saturated rings. The first-order valence-electron chi connectivity index (χ1n) is 3.50. The second-order valence-corrected chi connectivity index (χ2v) is 2.37. The van der Waals surface area contributed by atoms with Gasteiger partial charge < -0.3 is 10.2 Å². The summed E-state index contributed by atoms with van der Waals surface area (Å²) in [5.74, 6) is -2.26. The fraction of sp³-hybridized carbons (Fsp3) is 0.125. The van der Waals surface area contributed by atoms with Crippen LogP contribution in [0.1, 0.15) is 16.1 Å². The van der Waals surface area contributed by atoms with Crippen molar-refractivity contribution in [1.29, 1.82) is 0 Å². The maximum atomic E-state index is 10.6. The minimum absolute atomic E-state index is 0.0649.